The first kappa shape index (κ1) is 26.1. The van der Waals surface area contributed by atoms with Crippen LogP contribution in [0.15, 0.2) is 29.2 Å². The number of sulfonamides is 1. The highest BCUT2D eigenvalue weighted by Crippen LogP contribution is 2.62. The van der Waals surface area contributed by atoms with Crippen molar-refractivity contribution in [2.45, 2.75) is 109 Å². The van der Waals surface area contributed by atoms with Crippen LogP contribution >= 0.6 is 0 Å². The standard InChI is InChI=1S/C30H42N4O3S/c1-20-10-12-23(13-11-20)38(36,37)33-17-15-25-24(19-33)26(32-34(25)22-8-6-5-7-9-22)27(35)31-28-29(2,3)21-14-16-30(28,4)18-21/h10-13,21-22,28H,5-9,14-19H2,1-4H3,(H,31,35). The summed E-state index contributed by atoms with van der Waals surface area (Å²) in [5.74, 6) is 0.485. The summed E-state index contributed by atoms with van der Waals surface area (Å²) in [5, 5.41) is 8.41. The van der Waals surface area contributed by atoms with Gasteiger partial charge >= 0.3 is 0 Å². The summed E-state index contributed by atoms with van der Waals surface area (Å²) >= 11 is 0. The van der Waals surface area contributed by atoms with E-state index in [2.05, 4.69) is 30.8 Å². The Balaban J connectivity index is 1.34. The van der Waals surface area contributed by atoms with Gasteiger partial charge in [0.2, 0.25) is 10.0 Å². The number of aromatic nitrogens is 2. The predicted octanol–water partition coefficient (Wildman–Crippen LogP) is 5.39. The predicted molar refractivity (Wildman–Crippen MR) is 147 cm³/mol. The molecule has 1 aliphatic heterocycles. The van der Waals surface area contributed by atoms with Crippen LogP contribution in [-0.4, -0.2) is 41.0 Å². The van der Waals surface area contributed by atoms with Gasteiger partial charge in [-0.05, 0) is 67.9 Å². The largest absolute Gasteiger partial charge is 0.347 e. The summed E-state index contributed by atoms with van der Waals surface area (Å²) in [6, 6.07) is 7.40. The number of benzene rings is 1. The maximum atomic E-state index is 14.0. The number of aryl methyl sites for hydroxylation is 1. The van der Waals surface area contributed by atoms with Gasteiger partial charge in [0, 0.05) is 36.8 Å². The molecule has 38 heavy (non-hydrogen) atoms. The van der Waals surface area contributed by atoms with E-state index in [1.165, 1.54) is 30.0 Å². The number of fused-ring (bicyclic) bond motifs is 3. The van der Waals surface area contributed by atoms with E-state index in [1.54, 1.807) is 12.1 Å². The van der Waals surface area contributed by atoms with Crippen molar-refractivity contribution in [1.82, 2.24) is 19.4 Å². The van der Waals surface area contributed by atoms with Crippen molar-refractivity contribution in [2.75, 3.05) is 6.54 Å². The molecule has 0 spiro atoms. The van der Waals surface area contributed by atoms with E-state index in [0.717, 1.165) is 42.5 Å². The average Bonchev–Trinajstić information content (AvgIpc) is 3.54. The fraction of sp³-hybridized carbons (Fsp3) is 0.667. The number of amides is 1. The summed E-state index contributed by atoms with van der Waals surface area (Å²) in [6.45, 7) is 9.44. The third kappa shape index (κ3) is 4.14. The quantitative estimate of drug-likeness (QED) is 0.553. The fourth-order valence-corrected chi connectivity index (χ4v) is 9.57. The zero-order valence-corrected chi connectivity index (χ0v) is 24.1. The van der Waals surface area contributed by atoms with Crippen molar-refractivity contribution in [1.29, 1.82) is 0 Å². The maximum Gasteiger partial charge on any atom is 0.272 e. The minimum atomic E-state index is -3.67. The number of hydrogen-bond acceptors (Lipinski definition) is 4. The Hall–Kier alpha value is -2.19. The Kier molecular flexibility index (Phi) is 6.30. The van der Waals surface area contributed by atoms with Crippen LogP contribution in [-0.2, 0) is 23.0 Å². The Labute approximate surface area is 227 Å². The molecule has 3 unspecified atom stereocenters. The van der Waals surface area contributed by atoms with Crippen LogP contribution in [0.2, 0.25) is 0 Å². The highest BCUT2D eigenvalue weighted by atomic mass is 32.2. The lowest BCUT2D eigenvalue weighted by molar-refractivity contribution is 0.0730. The molecule has 2 bridgehead atoms. The van der Waals surface area contributed by atoms with Crippen molar-refractivity contribution in [3.8, 4) is 0 Å². The minimum absolute atomic E-state index is 0.0372. The molecule has 3 aliphatic carbocycles. The minimum Gasteiger partial charge on any atom is -0.347 e. The van der Waals surface area contributed by atoms with Gasteiger partial charge in [-0.3, -0.25) is 9.48 Å². The third-order valence-corrected chi connectivity index (χ3v) is 12.2. The molecule has 1 aromatic heterocycles. The third-order valence-electron chi connectivity index (χ3n) is 10.4. The molecule has 6 rings (SSSR count). The van der Waals surface area contributed by atoms with Crippen LogP contribution in [0.1, 0.15) is 105 Å². The molecular formula is C30H42N4O3S. The average molecular weight is 539 g/mol. The number of hydrogen-bond donors (Lipinski definition) is 1. The maximum absolute atomic E-state index is 14.0. The Morgan fingerprint density at radius 2 is 1.76 bits per heavy atom. The summed E-state index contributed by atoms with van der Waals surface area (Å²) in [5.41, 5.74) is 3.44. The number of carbonyl (C=O) groups is 1. The Morgan fingerprint density at radius 1 is 1.05 bits per heavy atom. The summed E-state index contributed by atoms with van der Waals surface area (Å²) in [4.78, 5) is 14.3. The monoisotopic (exact) mass is 538 g/mol. The first-order valence-electron chi connectivity index (χ1n) is 14.5. The Morgan fingerprint density at radius 3 is 2.42 bits per heavy atom. The molecule has 4 aliphatic rings. The summed E-state index contributed by atoms with van der Waals surface area (Å²) in [7, 11) is -3.67. The van der Waals surface area contributed by atoms with E-state index < -0.39 is 10.0 Å². The zero-order valence-electron chi connectivity index (χ0n) is 23.3. The van der Waals surface area contributed by atoms with Gasteiger partial charge in [-0.1, -0.05) is 57.7 Å². The molecule has 2 heterocycles. The molecule has 2 aromatic rings. The van der Waals surface area contributed by atoms with Gasteiger partial charge in [-0.2, -0.15) is 9.40 Å². The van der Waals surface area contributed by atoms with E-state index in [0.29, 0.717) is 29.5 Å². The second-order valence-corrected chi connectivity index (χ2v) is 15.2. The van der Waals surface area contributed by atoms with Gasteiger partial charge < -0.3 is 5.32 Å². The normalized spacial score (nSPS) is 29.4. The van der Waals surface area contributed by atoms with Crippen molar-refractivity contribution in [3.63, 3.8) is 0 Å². The van der Waals surface area contributed by atoms with E-state index in [4.69, 9.17) is 5.10 Å². The van der Waals surface area contributed by atoms with Crippen LogP contribution in [0, 0.1) is 23.7 Å². The lowest BCUT2D eigenvalue weighted by Crippen LogP contribution is -2.52. The van der Waals surface area contributed by atoms with Crippen molar-refractivity contribution < 1.29 is 13.2 Å². The van der Waals surface area contributed by atoms with Gasteiger partial charge in [-0.25, -0.2) is 8.42 Å². The van der Waals surface area contributed by atoms with Gasteiger partial charge in [0.05, 0.1) is 10.9 Å². The molecule has 1 aromatic carbocycles. The lowest BCUT2D eigenvalue weighted by Gasteiger charge is -2.43. The molecule has 3 saturated carbocycles. The molecule has 206 valence electrons. The van der Waals surface area contributed by atoms with Crippen LogP contribution in [0.25, 0.3) is 0 Å². The molecule has 0 radical (unpaired) electrons. The lowest BCUT2D eigenvalue weighted by atomic mass is 9.68. The van der Waals surface area contributed by atoms with Gasteiger partial charge in [0.1, 0.15) is 0 Å². The number of rotatable bonds is 5. The highest BCUT2D eigenvalue weighted by Gasteiger charge is 2.60. The number of nitrogens with zero attached hydrogens (tertiary/aromatic N) is 3. The van der Waals surface area contributed by atoms with E-state index >= 15 is 0 Å². The molecule has 3 fully saturated rings. The van der Waals surface area contributed by atoms with E-state index in [-0.39, 0.29) is 35.4 Å². The van der Waals surface area contributed by atoms with Crippen molar-refractivity contribution in [2.24, 2.45) is 16.7 Å². The second-order valence-electron chi connectivity index (χ2n) is 13.2. The topological polar surface area (TPSA) is 84.3 Å². The van der Waals surface area contributed by atoms with Crippen LogP contribution in [0.3, 0.4) is 0 Å². The first-order valence-corrected chi connectivity index (χ1v) is 15.9. The van der Waals surface area contributed by atoms with Gasteiger partial charge in [0.25, 0.3) is 5.91 Å². The first-order chi connectivity index (χ1) is 18.0. The van der Waals surface area contributed by atoms with E-state index in [9.17, 15) is 13.2 Å². The smallest absolute Gasteiger partial charge is 0.272 e. The molecule has 1 amide bonds. The second kappa shape index (κ2) is 9.19. The summed E-state index contributed by atoms with van der Waals surface area (Å²) < 4.78 is 30.8. The molecule has 7 nitrogen and oxygen atoms in total. The highest BCUT2D eigenvalue weighted by molar-refractivity contribution is 7.89. The van der Waals surface area contributed by atoms with Crippen LogP contribution in [0.5, 0.6) is 0 Å². The SMILES string of the molecule is Cc1ccc(S(=O)(=O)N2CCc3c(c(C(=O)NC4C5(C)CCC(C5)C4(C)C)nn3C3CCCCC3)C2)cc1. The number of carbonyl (C=O) groups excluding carboxylic acids is 1. The zero-order chi connectivity index (χ0) is 26.9. The van der Waals surface area contributed by atoms with Crippen molar-refractivity contribution >= 4 is 15.9 Å². The Bertz CT molecular complexity index is 1340. The summed E-state index contributed by atoms with van der Waals surface area (Å²) in [6.07, 6.45) is 9.82. The molecule has 0 saturated heterocycles. The molecular weight excluding hydrogens is 496 g/mol. The van der Waals surface area contributed by atoms with Crippen LogP contribution in [0.4, 0.5) is 0 Å². The number of nitrogens with one attached hydrogen (secondary N) is 1. The van der Waals surface area contributed by atoms with Gasteiger partial charge in [-0.15, -0.1) is 0 Å². The molecule has 1 N–H and O–H groups in total. The van der Waals surface area contributed by atoms with Crippen molar-refractivity contribution in [3.05, 3.63) is 46.8 Å². The van der Waals surface area contributed by atoms with E-state index in [1.807, 2.05) is 19.1 Å². The van der Waals surface area contributed by atoms with Crippen LogP contribution < -0.4 is 5.32 Å². The molecule has 8 heteroatoms. The fourth-order valence-electron chi connectivity index (χ4n) is 8.16. The molecule has 3 atom stereocenters. The van der Waals surface area contributed by atoms with Gasteiger partial charge in [0.15, 0.2) is 5.69 Å².